The molecule has 1 aromatic rings. The molecule has 1 N–H and O–H groups in total. The molecule has 0 bridgehead atoms. The number of alkyl halides is 3. The molecule has 0 radical (unpaired) electrons. The Balaban J connectivity index is 0.00000280. The average Bonchev–Trinajstić information content (AvgIpc) is 3.27. The van der Waals surface area contributed by atoms with Gasteiger partial charge < -0.3 is 14.7 Å². The summed E-state index contributed by atoms with van der Waals surface area (Å²) in [5, 5.41) is 7.29. The van der Waals surface area contributed by atoms with E-state index in [1.807, 2.05) is 6.07 Å². The average molecular weight is 516 g/mol. The Labute approximate surface area is 180 Å². The Morgan fingerprint density at radius 2 is 2.00 bits per heavy atom. The molecule has 1 atom stereocenters. The van der Waals surface area contributed by atoms with Gasteiger partial charge in [-0.25, -0.2) is 0 Å². The molecule has 2 saturated heterocycles. The summed E-state index contributed by atoms with van der Waals surface area (Å²) < 4.78 is 42.4. The number of hydrogen-bond donors (Lipinski definition) is 1. The number of nitrogens with zero attached hydrogens (tertiary/aromatic N) is 5. The molecule has 7 nitrogen and oxygen atoms in total. The molecule has 2 aliphatic rings. The molecule has 0 spiro atoms. The highest BCUT2D eigenvalue weighted by Crippen LogP contribution is 2.22. The summed E-state index contributed by atoms with van der Waals surface area (Å²) in [6, 6.07) is 1.87. The van der Waals surface area contributed by atoms with Crippen LogP contribution in [0.5, 0.6) is 0 Å². The SMILES string of the molecule is CN=C(NCC1CCN(CC(F)(F)F)C1)N1CCN(Cc2ccon2)CC1.I. The van der Waals surface area contributed by atoms with E-state index in [9.17, 15) is 13.2 Å². The highest BCUT2D eigenvalue weighted by atomic mass is 127. The number of aliphatic imine (C=N–C) groups is 1. The molecule has 0 aliphatic carbocycles. The summed E-state index contributed by atoms with van der Waals surface area (Å²) in [6.07, 6.45) is -1.76. The van der Waals surface area contributed by atoms with Crippen molar-refractivity contribution in [2.75, 3.05) is 59.4 Å². The molecule has 3 rings (SSSR count). The van der Waals surface area contributed by atoms with Crippen LogP contribution in [0, 0.1) is 5.92 Å². The Hall–Kier alpha value is -1.08. The minimum absolute atomic E-state index is 0. The van der Waals surface area contributed by atoms with E-state index in [0.717, 1.165) is 50.8 Å². The molecule has 0 amide bonds. The van der Waals surface area contributed by atoms with Crippen molar-refractivity contribution in [3.63, 3.8) is 0 Å². The lowest BCUT2D eigenvalue weighted by atomic mass is 10.1. The normalized spacial score (nSPS) is 22.4. The molecule has 0 saturated carbocycles. The van der Waals surface area contributed by atoms with E-state index >= 15 is 0 Å². The van der Waals surface area contributed by atoms with E-state index in [2.05, 4.69) is 25.3 Å². The zero-order chi connectivity index (χ0) is 19.3. The number of hydrogen-bond acceptors (Lipinski definition) is 5. The third kappa shape index (κ3) is 7.07. The van der Waals surface area contributed by atoms with Gasteiger partial charge in [-0.05, 0) is 18.9 Å². The van der Waals surface area contributed by atoms with Crippen molar-refractivity contribution in [2.45, 2.75) is 19.1 Å². The number of likely N-dealkylation sites (tertiary alicyclic amines) is 1. The van der Waals surface area contributed by atoms with E-state index < -0.39 is 12.7 Å². The fourth-order valence-electron chi connectivity index (χ4n) is 3.71. The first-order valence-corrected chi connectivity index (χ1v) is 9.29. The molecule has 1 unspecified atom stereocenters. The van der Waals surface area contributed by atoms with Gasteiger partial charge in [0.05, 0.1) is 12.2 Å². The Kier molecular flexibility index (Phi) is 8.81. The minimum Gasteiger partial charge on any atom is -0.364 e. The van der Waals surface area contributed by atoms with Crippen molar-refractivity contribution in [3.8, 4) is 0 Å². The highest BCUT2D eigenvalue weighted by molar-refractivity contribution is 14.0. The van der Waals surface area contributed by atoms with Gasteiger partial charge >= 0.3 is 6.18 Å². The van der Waals surface area contributed by atoms with Gasteiger partial charge in [0.1, 0.15) is 6.26 Å². The molecular weight excluding hydrogens is 488 g/mol. The van der Waals surface area contributed by atoms with Crippen LogP contribution in [0.3, 0.4) is 0 Å². The van der Waals surface area contributed by atoms with Crippen LogP contribution < -0.4 is 5.32 Å². The molecule has 28 heavy (non-hydrogen) atoms. The molecule has 1 aromatic heterocycles. The predicted octanol–water partition coefficient (Wildman–Crippen LogP) is 1.87. The van der Waals surface area contributed by atoms with E-state index in [1.165, 1.54) is 4.90 Å². The number of halogens is 4. The fourth-order valence-corrected chi connectivity index (χ4v) is 3.71. The van der Waals surface area contributed by atoms with Crippen molar-refractivity contribution in [3.05, 3.63) is 18.0 Å². The van der Waals surface area contributed by atoms with Crippen LogP contribution in [0.25, 0.3) is 0 Å². The van der Waals surface area contributed by atoms with Crippen molar-refractivity contribution in [1.82, 2.24) is 25.2 Å². The Morgan fingerprint density at radius 3 is 2.61 bits per heavy atom. The smallest absolute Gasteiger partial charge is 0.364 e. The maximum atomic E-state index is 12.5. The fraction of sp³-hybridized carbons (Fsp3) is 0.765. The zero-order valence-corrected chi connectivity index (χ0v) is 18.3. The lowest BCUT2D eigenvalue weighted by Crippen LogP contribution is -2.52. The standard InChI is InChI=1S/C17H27F3N6O.HI/c1-21-16(22-10-14-2-4-25(11-14)13-17(18,19)20)26-7-5-24(6-8-26)12-15-3-9-27-23-15;/h3,9,14H,2,4-8,10-13H2,1H3,(H,21,22);1H. The highest BCUT2D eigenvalue weighted by Gasteiger charge is 2.34. The van der Waals surface area contributed by atoms with Crippen molar-refractivity contribution < 1.29 is 17.7 Å². The largest absolute Gasteiger partial charge is 0.401 e. The zero-order valence-electron chi connectivity index (χ0n) is 16.0. The van der Waals surface area contributed by atoms with Crippen molar-refractivity contribution >= 4 is 29.9 Å². The van der Waals surface area contributed by atoms with E-state index in [0.29, 0.717) is 19.6 Å². The summed E-state index contributed by atoms with van der Waals surface area (Å²) in [7, 11) is 1.74. The Morgan fingerprint density at radius 1 is 1.25 bits per heavy atom. The molecule has 160 valence electrons. The van der Waals surface area contributed by atoms with Crippen LogP contribution >= 0.6 is 24.0 Å². The summed E-state index contributed by atoms with van der Waals surface area (Å²) in [6.45, 7) is 5.09. The second-order valence-corrected chi connectivity index (χ2v) is 7.19. The number of nitrogens with one attached hydrogen (secondary N) is 1. The molecule has 2 aliphatic heterocycles. The van der Waals surface area contributed by atoms with Crippen LogP contribution in [-0.4, -0.2) is 91.4 Å². The third-order valence-electron chi connectivity index (χ3n) is 5.08. The van der Waals surface area contributed by atoms with Gasteiger partial charge in [-0.3, -0.25) is 14.8 Å². The van der Waals surface area contributed by atoms with Gasteiger partial charge in [-0.2, -0.15) is 13.2 Å². The quantitative estimate of drug-likeness (QED) is 0.367. The second kappa shape index (κ2) is 10.6. The molecule has 2 fully saturated rings. The van der Waals surface area contributed by atoms with E-state index in [1.54, 1.807) is 13.3 Å². The third-order valence-corrected chi connectivity index (χ3v) is 5.08. The molecule has 11 heteroatoms. The number of piperazine rings is 1. The summed E-state index contributed by atoms with van der Waals surface area (Å²) in [4.78, 5) is 10.3. The maximum Gasteiger partial charge on any atom is 0.401 e. The van der Waals surface area contributed by atoms with Gasteiger partial charge in [0.2, 0.25) is 0 Å². The molecular formula is C17H28F3IN6O. The van der Waals surface area contributed by atoms with E-state index in [4.69, 9.17) is 4.52 Å². The summed E-state index contributed by atoms with van der Waals surface area (Å²) in [5.74, 6) is 1.04. The van der Waals surface area contributed by atoms with Gasteiger partial charge in [0.15, 0.2) is 5.96 Å². The number of guanidine groups is 1. The number of rotatable bonds is 5. The van der Waals surface area contributed by atoms with Crippen LogP contribution in [-0.2, 0) is 6.54 Å². The lowest BCUT2D eigenvalue weighted by Gasteiger charge is -2.36. The maximum absolute atomic E-state index is 12.5. The first-order chi connectivity index (χ1) is 12.9. The van der Waals surface area contributed by atoms with Crippen LogP contribution in [0.1, 0.15) is 12.1 Å². The van der Waals surface area contributed by atoms with Gasteiger partial charge in [-0.1, -0.05) is 5.16 Å². The molecule has 0 aromatic carbocycles. The Bertz CT molecular complexity index is 605. The predicted molar refractivity (Wildman–Crippen MR) is 111 cm³/mol. The topological polar surface area (TPSA) is 60.1 Å². The van der Waals surface area contributed by atoms with Gasteiger partial charge in [-0.15, -0.1) is 24.0 Å². The number of aromatic nitrogens is 1. The first-order valence-electron chi connectivity index (χ1n) is 9.29. The van der Waals surface area contributed by atoms with E-state index in [-0.39, 0.29) is 29.9 Å². The van der Waals surface area contributed by atoms with Gasteiger partial charge in [0.25, 0.3) is 0 Å². The summed E-state index contributed by atoms with van der Waals surface area (Å²) >= 11 is 0. The second-order valence-electron chi connectivity index (χ2n) is 7.19. The lowest BCUT2D eigenvalue weighted by molar-refractivity contribution is -0.143. The van der Waals surface area contributed by atoms with Crippen LogP contribution in [0.2, 0.25) is 0 Å². The first kappa shape index (κ1) is 23.2. The summed E-state index contributed by atoms with van der Waals surface area (Å²) in [5.41, 5.74) is 0.926. The van der Waals surface area contributed by atoms with Crippen LogP contribution in [0.4, 0.5) is 13.2 Å². The van der Waals surface area contributed by atoms with Crippen molar-refractivity contribution in [1.29, 1.82) is 0 Å². The van der Waals surface area contributed by atoms with Gasteiger partial charge in [0, 0.05) is 58.9 Å². The molecule has 3 heterocycles. The monoisotopic (exact) mass is 516 g/mol. The van der Waals surface area contributed by atoms with Crippen molar-refractivity contribution in [2.24, 2.45) is 10.9 Å². The minimum atomic E-state index is -4.12. The van der Waals surface area contributed by atoms with Crippen LogP contribution in [0.15, 0.2) is 21.8 Å².